The summed E-state index contributed by atoms with van der Waals surface area (Å²) < 4.78 is 0. The summed E-state index contributed by atoms with van der Waals surface area (Å²) in [4.78, 5) is 39.6. The Morgan fingerprint density at radius 1 is 1.43 bits per heavy atom. The normalized spacial score (nSPS) is 14.4. The molecule has 21 heavy (non-hydrogen) atoms. The summed E-state index contributed by atoms with van der Waals surface area (Å²) >= 11 is 3.05. The molecule has 0 aromatic carbocycles. The van der Waals surface area contributed by atoms with Gasteiger partial charge in [0.25, 0.3) is 0 Å². The van der Waals surface area contributed by atoms with Crippen molar-refractivity contribution in [3.8, 4) is 9.88 Å². The minimum atomic E-state index is -0.620. The summed E-state index contributed by atoms with van der Waals surface area (Å²) in [7, 11) is 0. The van der Waals surface area contributed by atoms with Crippen LogP contribution in [0.15, 0.2) is 22.9 Å². The Morgan fingerprint density at radius 3 is 2.95 bits per heavy atom. The molecular weight excluding hydrogens is 312 g/mol. The molecule has 2 aromatic heterocycles. The number of amides is 4. The van der Waals surface area contributed by atoms with Crippen LogP contribution < -0.4 is 10.7 Å². The summed E-state index contributed by atoms with van der Waals surface area (Å²) in [6.07, 6.45) is 0.0554. The van der Waals surface area contributed by atoms with Gasteiger partial charge >= 0.3 is 6.03 Å². The topological polar surface area (TPSA) is 91.4 Å². The lowest BCUT2D eigenvalue weighted by Gasteiger charge is -2.13. The third-order valence-corrected chi connectivity index (χ3v) is 4.61. The zero-order chi connectivity index (χ0) is 14.8. The summed E-state index contributed by atoms with van der Waals surface area (Å²) in [6.45, 7) is -0.165. The molecule has 1 saturated heterocycles. The fourth-order valence-corrected chi connectivity index (χ4v) is 3.42. The van der Waals surface area contributed by atoms with Gasteiger partial charge in [-0.25, -0.2) is 14.8 Å². The van der Waals surface area contributed by atoms with E-state index >= 15 is 0 Å². The SMILES string of the molecule is O=C1CN(NC(=O)Cc2csc(-c3cccs3)n2)C(=O)N1. The molecular formula is C12H10N4O3S2. The van der Waals surface area contributed by atoms with Crippen molar-refractivity contribution >= 4 is 40.5 Å². The molecule has 1 aliphatic heterocycles. The van der Waals surface area contributed by atoms with Crippen LogP contribution in [0, 0.1) is 0 Å². The van der Waals surface area contributed by atoms with Gasteiger partial charge in [0.15, 0.2) is 0 Å². The Hall–Kier alpha value is -2.26. The number of aromatic nitrogens is 1. The van der Waals surface area contributed by atoms with E-state index in [9.17, 15) is 14.4 Å². The molecule has 3 rings (SSSR count). The zero-order valence-electron chi connectivity index (χ0n) is 10.7. The van der Waals surface area contributed by atoms with E-state index in [1.54, 1.807) is 11.3 Å². The molecule has 0 atom stereocenters. The largest absolute Gasteiger partial charge is 0.343 e. The second-order valence-electron chi connectivity index (χ2n) is 4.27. The number of imide groups is 1. The molecule has 9 heteroatoms. The molecule has 2 N–H and O–H groups in total. The summed E-state index contributed by atoms with van der Waals surface area (Å²) in [5, 5.41) is 7.67. The average molecular weight is 322 g/mol. The molecule has 0 unspecified atom stereocenters. The van der Waals surface area contributed by atoms with Crippen molar-refractivity contribution in [3.63, 3.8) is 0 Å². The zero-order valence-corrected chi connectivity index (χ0v) is 12.3. The Balaban J connectivity index is 1.60. The first-order valence-corrected chi connectivity index (χ1v) is 7.77. The maximum Gasteiger partial charge on any atom is 0.343 e. The molecule has 0 spiro atoms. The summed E-state index contributed by atoms with van der Waals surface area (Å²) in [5.74, 6) is -0.822. The van der Waals surface area contributed by atoms with E-state index < -0.39 is 11.9 Å². The van der Waals surface area contributed by atoms with Crippen molar-refractivity contribution in [3.05, 3.63) is 28.6 Å². The van der Waals surface area contributed by atoms with E-state index in [2.05, 4.69) is 15.7 Å². The van der Waals surface area contributed by atoms with Gasteiger partial charge in [0.1, 0.15) is 11.6 Å². The number of carbonyl (C=O) groups excluding carboxylic acids is 3. The Kier molecular flexibility index (Phi) is 3.67. The van der Waals surface area contributed by atoms with E-state index in [1.165, 1.54) is 11.3 Å². The van der Waals surface area contributed by atoms with E-state index in [4.69, 9.17) is 0 Å². The van der Waals surface area contributed by atoms with Crippen LogP contribution >= 0.6 is 22.7 Å². The number of thiophene rings is 1. The molecule has 0 aliphatic carbocycles. The minimum absolute atomic E-state index is 0.0554. The number of rotatable bonds is 4. The molecule has 4 amide bonds. The molecule has 108 valence electrons. The summed E-state index contributed by atoms with van der Waals surface area (Å²) in [5.41, 5.74) is 3.01. The summed E-state index contributed by atoms with van der Waals surface area (Å²) in [6, 6.07) is 3.29. The number of hydrogen-bond donors (Lipinski definition) is 2. The van der Waals surface area contributed by atoms with E-state index in [0.29, 0.717) is 5.69 Å². The quantitative estimate of drug-likeness (QED) is 0.822. The van der Waals surface area contributed by atoms with Crippen molar-refractivity contribution < 1.29 is 14.4 Å². The van der Waals surface area contributed by atoms with E-state index in [0.717, 1.165) is 14.9 Å². The molecule has 7 nitrogen and oxygen atoms in total. The van der Waals surface area contributed by atoms with Crippen molar-refractivity contribution in [1.29, 1.82) is 0 Å². The van der Waals surface area contributed by atoms with E-state index in [-0.39, 0.29) is 18.9 Å². The molecule has 0 radical (unpaired) electrons. The first kappa shape index (κ1) is 13.7. The number of hydrogen-bond acceptors (Lipinski definition) is 6. The highest BCUT2D eigenvalue weighted by atomic mass is 32.1. The van der Waals surface area contributed by atoms with Crippen LogP contribution in [0.4, 0.5) is 4.79 Å². The molecule has 2 aromatic rings. The van der Waals surface area contributed by atoms with Crippen molar-refractivity contribution in [1.82, 2.24) is 20.7 Å². The van der Waals surface area contributed by atoms with Gasteiger partial charge < -0.3 is 0 Å². The standard InChI is InChI=1S/C12H10N4O3S2/c17-9(15-16-5-10(18)14-12(16)19)4-7-6-21-11(13-7)8-2-1-3-20-8/h1-3,6H,4-5H2,(H,15,17)(H,14,18,19). The second kappa shape index (κ2) is 5.62. The number of carbonyl (C=O) groups is 3. The predicted molar refractivity (Wildman–Crippen MR) is 77.5 cm³/mol. The van der Waals surface area contributed by atoms with Crippen LogP contribution in [-0.2, 0) is 16.0 Å². The van der Waals surface area contributed by atoms with Crippen molar-refractivity contribution in [2.45, 2.75) is 6.42 Å². The maximum atomic E-state index is 11.8. The lowest BCUT2D eigenvalue weighted by molar-refractivity contribution is -0.124. The third kappa shape index (κ3) is 3.09. The second-order valence-corrected chi connectivity index (χ2v) is 6.08. The Bertz CT molecular complexity index is 695. The molecule has 3 heterocycles. The predicted octanol–water partition coefficient (Wildman–Crippen LogP) is 0.997. The maximum absolute atomic E-state index is 11.8. The van der Waals surface area contributed by atoms with Gasteiger partial charge in [-0.1, -0.05) is 6.07 Å². The first-order chi connectivity index (χ1) is 10.1. The molecule has 1 fully saturated rings. The fourth-order valence-electron chi connectivity index (χ4n) is 1.79. The Morgan fingerprint density at radius 2 is 2.29 bits per heavy atom. The van der Waals surface area contributed by atoms with Gasteiger partial charge in [-0.15, -0.1) is 22.7 Å². The smallest absolute Gasteiger partial charge is 0.275 e. The van der Waals surface area contributed by atoms with Crippen LogP contribution in [-0.4, -0.2) is 34.4 Å². The average Bonchev–Trinajstić information content (AvgIpc) is 3.11. The van der Waals surface area contributed by atoms with Crippen LogP contribution in [0.1, 0.15) is 5.69 Å². The Labute approximate surface area is 127 Å². The molecule has 0 saturated carbocycles. The monoisotopic (exact) mass is 322 g/mol. The highest BCUT2D eigenvalue weighted by Crippen LogP contribution is 2.27. The van der Waals surface area contributed by atoms with Gasteiger partial charge in [0.05, 0.1) is 17.0 Å². The van der Waals surface area contributed by atoms with Crippen LogP contribution in [0.3, 0.4) is 0 Å². The van der Waals surface area contributed by atoms with Crippen LogP contribution in [0.25, 0.3) is 9.88 Å². The van der Waals surface area contributed by atoms with Crippen molar-refractivity contribution in [2.24, 2.45) is 0 Å². The van der Waals surface area contributed by atoms with Crippen molar-refractivity contribution in [2.75, 3.05) is 6.54 Å². The number of nitrogens with one attached hydrogen (secondary N) is 2. The fraction of sp³-hybridized carbons (Fsp3) is 0.167. The lowest BCUT2D eigenvalue weighted by Crippen LogP contribution is -2.44. The van der Waals surface area contributed by atoms with E-state index in [1.807, 2.05) is 22.9 Å². The highest BCUT2D eigenvalue weighted by molar-refractivity contribution is 7.20. The third-order valence-electron chi connectivity index (χ3n) is 2.68. The van der Waals surface area contributed by atoms with Gasteiger partial charge in [-0.3, -0.25) is 20.3 Å². The number of thiazole rings is 1. The highest BCUT2D eigenvalue weighted by Gasteiger charge is 2.28. The first-order valence-electron chi connectivity index (χ1n) is 6.01. The minimum Gasteiger partial charge on any atom is -0.275 e. The van der Waals surface area contributed by atoms with Crippen LogP contribution in [0.2, 0.25) is 0 Å². The molecule has 0 bridgehead atoms. The number of urea groups is 1. The van der Waals surface area contributed by atoms with Gasteiger partial charge in [0, 0.05) is 5.38 Å². The number of hydrazine groups is 1. The van der Waals surface area contributed by atoms with Gasteiger partial charge in [0.2, 0.25) is 11.8 Å². The number of nitrogens with zero attached hydrogens (tertiary/aromatic N) is 2. The molecule has 1 aliphatic rings. The van der Waals surface area contributed by atoms with Gasteiger partial charge in [-0.2, -0.15) is 0 Å². The lowest BCUT2D eigenvalue weighted by atomic mass is 10.3. The van der Waals surface area contributed by atoms with Gasteiger partial charge in [-0.05, 0) is 11.4 Å². The van der Waals surface area contributed by atoms with Crippen LogP contribution in [0.5, 0.6) is 0 Å².